The molecule has 0 heterocycles. The molecule has 0 spiro atoms. The summed E-state index contributed by atoms with van der Waals surface area (Å²) < 4.78 is 0. The van der Waals surface area contributed by atoms with Crippen molar-refractivity contribution in [3.63, 3.8) is 0 Å². The molecule has 2 aromatic carbocycles. The van der Waals surface area contributed by atoms with E-state index >= 15 is 0 Å². The van der Waals surface area contributed by atoms with Gasteiger partial charge in [0.25, 0.3) is 0 Å². The zero-order valence-corrected chi connectivity index (χ0v) is 11.5. The quantitative estimate of drug-likeness (QED) is 0.850. The van der Waals surface area contributed by atoms with Crippen LogP contribution < -0.4 is 5.32 Å². The summed E-state index contributed by atoms with van der Waals surface area (Å²) in [4.78, 5) is 11.6. The molecule has 3 heteroatoms. The van der Waals surface area contributed by atoms with Crippen molar-refractivity contribution in [1.82, 2.24) is 5.32 Å². The van der Waals surface area contributed by atoms with Gasteiger partial charge >= 0.3 is 0 Å². The molecule has 19 heavy (non-hydrogen) atoms. The average molecular weight is 274 g/mol. The number of nitrogens with one attached hydrogen (secondary N) is 1. The number of hydrogen-bond acceptors (Lipinski definition) is 1. The van der Waals surface area contributed by atoms with Crippen molar-refractivity contribution in [2.45, 2.75) is 13.0 Å². The fourth-order valence-electron chi connectivity index (χ4n) is 1.96. The molecule has 98 valence electrons. The number of rotatable bonds is 4. The SMILES string of the molecule is Cc1ccc(C(NC(=O)CCl)c2ccccc2)cc1. The summed E-state index contributed by atoms with van der Waals surface area (Å²) >= 11 is 5.58. The Kier molecular flexibility index (Phi) is 4.58. The number of aryl methyl sites for hydroxylation is 1. The first-order chi connectivity index (χ1) is 9.20. The Morgan fingerprint density at radius 3 is 2.21 bits per heavy atom. The van der Waals surface area contributed by atoms with Gasteiger partial charge in [0.1, 0.15) is 5.88 Å². The van der Waals surface area contributed by atoms with E-state index in [9.17, 15) is 4.79 Å². The second-order valence-electron chi connectivity index (χ2n) is 4.46. The minimum atomic E-state index is -0.170. The third-order valence-corrected chi connectivity index (χ3v) is 3.21. The minimum Gasteiger partial charge on any atom is -0.344 e. The number of hydrogen-bond donors (Lipinski definition) is 1. The molecule has 0 aliphatic rings. The van der Waals surface area contributed by atoms with Gasteiger partial charge in [-0.25, -0.2) is 0 Å². The van der Waals surface area contributed by atoms with Crippen molar-refractivity contribution in [2.75, 3.05) is 5.88 Å². The second kappa shape index (κ2) is 6.39. The summed E-state index contributed by atoms with van der Waals surface area (Å²) in [6.07, 6.45) is 0. The van der Waals surface area contributed by atoms with Crippen molar-refractivity contribution in [3.05, 3.63) is 71.3 Å². The van der Waals surface area contributed by atoms with Gasteiger partial charge in [0.2, 0.25) is 5.91 Å². The summed E-state index contributed by atoms with van der Waals surface area (Å²) in [6.45, 7) is 2.04. The first-order valence-electron chi connectivity index (χ1n) is 6.17. The zero-order chi connectivity index (χ0) is 13.7. The Balaban J connectivity index is 2.34. The highest BCUT2D eigenvalue weighted by Gasteiger charge is 2.15. The summed E-state index contributed by atoms with van der Waals surface area (Å²) in [5, 5.41) is 2.95. The molecule has 2 rings (SSSR count). The lowest BCUT2D eigenvalue weighted by atomic mass is 9.98. The number of carbonyl (C=O) groups excluding carboxylic acids is 1. The Morgan fingerprint density at radius 1 is 1.05 bits per heavy atom. The Morgan fingerprint density at radius 2 is 1.63 bits per heavy atom. The van der Waals surface area contributed by atoms with Crippen LogP contribution in [0.25, 0.3) is 0 Å². The van der Waals surface area contributed by atoms with Crippen LogP contribution in [-0.4, -0.2) is 11.8 Å². The van der Waals surface area contributed by atoms with E-state index in [0.717, 1.165) is 11.1 Å². The molecule has 1 atom stereocenters. The van der Waals surface area contributed by atoms with Gasteiger partial charge in [0, 0.05) is 0 Å². The third-order valence-electron chi connectivity index (χ3n) is 2.97. The normalized spacial score (nSPS) is 11.9. The molecule has 2 aromatic rings. The first-order valence-corrected chi connectivity index (χ1v) is 6.71. The van der Waals surface area contributed by atoms with E-state index in [0.29, 0.717) is 0 Å². The highest BCUT2D eigenvalue weighted by Crippen LogP contribution is 2.22. The maximum Gasteiger partial charge on any atom is 0.235 e. The van der Waals surface area contributed by atoms with Gasteiger partial charge in [-0.1, -0.05) is 60.2 Å². The number of benzene rings is 2. The van der Waals surface area contributed by atoms with Crippen LogP contribution in [0.15, 0.2) is 54.6 Å². The lowest BCUT2D eigenvalue weighted by molar-refractivity contribution is -0.119. The summed E-state index contributed by atoms with van der Waals surface area (Å²) in [5.41, 5.74) is 3.29. The largest absolute Gasteiger partial charge is 0.344 e. The summed E-state index contributed by atoms with van der Waals surface area (Å²) in [7, 11) is 0. The predicted molar refractivity (Wildman–Crippen MR) is 78.3 cm³/mol. The number of amides is 1. The molecule has 0 aromatic heterocycles. The molecule has 1 N–H and O–H groups in total. The van der Waals surface area contributed by atoms with Crippen LogP contribution in [0.4, 0.5) is 0 Å². The number of halogens is 1. The topological polar surface area (TPSA) is 29.1 Å². The van der Waals surface area contributed by atoms with E-state index < -0.39 is 0 Å². The lowest BCUT2D eigenvalue weighted by Gasteiger charge is -2.19. The fourth-order valence-corrected chi connectivity index (χ4v) is 2.04. The Bertz CT molecular complexity index is 536. The van der Waals surface area contributed by atoms with Crippen molar-refractivity contribution >= 4 is 17.5 Å². The van der Waals surface area contributed by atoms with E-state index in [1.54, 1.807) is 0 Å². The fraction of sp³-hybridized carbons (Fsp3) is 0.188. The van der Waals surface area contributed by atoms with Crippen LogP contribution in [0.1, 0.15) is 22.7 Å². The van der Waals surface area contributed by atoms with Crippen LogP contribution in [-0.2, 0) is 4.79 Å². The second-order valence-corrected chi connectivity index (χ2v) is 4.72. The van der Waals surface area contributed by atoms with Crippen LogP contribution in [0, 0.1) is 6.92 Å². The van der Waals surface area contributed by atoms with Crippen LogP contribution in [0.2, 0.25) is 0 Å². The molecule has 0 aliphatic carbocycles. The average Bonchev–Trinajstić information content (AvgIpc) is 2.46. The van der Waals surface area contributed by atoms with Crippen molar-refractivity contribution in [1.29, 1.82) is 0 Å². The Hall–Kier alpha value is -1.80. The molecule has 0 radical (unpaired) electrons. The predicted octanol–water partition coefficient (Wildman–Crippen LogP) is 3.44. The summed E-state index contributed by atoms with van der Waals surface area (Å²) in [5.74, 6) is -0.203. The van der Waals surface area contributed by atoms with Crippen molar-refractivity contribution in [3.8, 4) is 0 Å². The maximum absolute atomic E-state index is 11.6. The molecule has 1 unspecified atom stereocenters. The molecule has 0 fully saturated rings. The molecular formula is C16H16ClNO. The zero-order valence-electron chi connectivity index (χ0n) is 10.8. The van der Waals surface area contributed by atoms with E-state index in [1.165, 1.54) is 5.56 Å². The molecular weight excluding hydrogens is 258 g/mol. The first kappa shape index (κ1) is 13.6. The lowest BCUT2D eigenvalue weighted by Crippen LogP contribution is -2.30. The highest BCUT2D eigenvalue weighted by molar-refractivity contribution is 6.27. The van der Waals surface area contributed by atoms with Gasteiger partial charge in [-0.15, -0.1) is 11.6 Å². The third kappa shape index (κ3) is 3.58. The molecule has 0 saturated carbocycles. The van der Waals surface area contributed by atoms with Gasteiger partial charge < -0.3 is 5.32 Å². The van der Waals surface area contributed by atoms with Gasteiger partial charge in [-0.2, -0.15) is 0 Å². The highest BCUT2D eigenvalue weighted by atomic mass is 35.5. The molecule has 2 nitrogen and oxygen atoms in total. The van der Waals surface area contributed by atoms with E-state index in [1.807, 2.05) is 61.5 Å². The molecule has 0 bridgehead atoms. The smallest absolute Gasteiger partial charge is 0.235 e. The minimum absolute atomic E-state index is 0.0325. The van der Waals surface area contributed by atoms with Crippen LogP contribution in [0.5, 0.6) is 0 Å². The summed E-state index contributed by atoms with van der Waals surface area (Å²) in [6, 6.07) is 17.9. The Labute approximate surface area is 118 Å². The van der Waals surface area contributed by atoms with E-state index in [-0.39, 0.29) is 17.8 Å². The van der Waals surface area contributed by atoms with Crippen LogP contribution >= 0.6 is 11.6 Å². The molecule has 0 aliphatic heterocycles. The standard InChI is InChI=1S/C16H16ClNO/c1-12-7-9-14(10-8-12)16(18-15(19)11-17)13-5-3-2-4-6-13/h2-10,16H,11H2,1H3,(H,18,19). The van der Waals surface area contributed by atoms with E-state index in [2.05, 4.69) is 5.32 Å². The van der Waals surface area contributed by atoms with Gasteiger partial charge in [0.05, 0.1) is 6.04 Å². The van der Waals surface area contributed by atoms with Gasteiger partial charge in [-0.05, 0) is 18.1 Å². The van der Waals surface area contributed by atoms with Gasteiger partial charge in [-0.3, -0.25) is 4.79 Å². The molecule has 1 amide bonds. The van der Waals surface area contributed by atoms with Gasteiger partial charge in [0.15, 0.2) is 0 Å². The van der Waals surface area contributed by atoms with Crippen LogP contribution in [0.3, 0.4) is 0 Å². The van der Waals surface area contributed by atoms with Crippen molar-refractivity contribution in [2.24, 2.45) is 0 Å². The maximum atomic E-state index is 11.6. The number of carbonyl (C=O) groups is 1. The van der Waals surface area contributed by atoms with E-state index in [4.69, 9.17) is 11.6 Å². The number of alkyl halides is 1. The molecule has 0 saturated heterocycles. The monoisotopic (exact) mass is 273 g/mol. The van der Waals surface area contributed by atoms with Crippen molar-refractivity contribution < 1.29 is 4.79 Å².